The summed E-state index contributed by atoms with van der Waals surface area (Å²) in [7, 11) is -5.16. The number of rotatable bonds is 11. The quantitative estimate of drug-likeness (QED) is 0.106. The van der Waals surface area contributed by atoms with Crippen molar-refractivity contribution in [2.45, 2.75) is 49.3 Å². The topological polar surface area (TPSA) is 135 Å². The van der Waals surface area contributed by atoms with E-state index < -0.39 is 53.9 Å². The predicted octanol–water partition coefficient (Wildman–Crippen LogP) is 6.35. The van der Waals surface area contributed by atoms with Crippen LogP contribution in [-0.2, 0) is 9.84 Å². The number of hydrogen-bond acceptors (Lipinski definition) is 8. The zero-order valence-electron chi connectivity index (χ0n) is 26.1. The maximum Gasteiger partial charge on any atom is 0.414 e. The fourth-order valence-corrected chi connectivity index (χ4v) is 6.58. The molecule has 4 rings (SSSR count). The normalized spacial score (nSPS) is 12.8. The molecule has 0 fully saturated rings. The van der Waals surface area contributed by atoms with Gasteiger partial charge in [0, 0.05) is 17.7 Å². The first-order valence-electron chi connectivity index (χ1n) is 14.2. The van der Waals surface area contributed by atoms with Gasteiger partial charge in [-0.2, -0.15) is 13.2 Å². The summed E-state index contributed by atoms with van der Waals surface area (Å²) in [4.78, 5) is 23.4. The van der Waals surface area contributed by atoms with Crippen molar-refractivity contribution in [1.82, 2.24) is 0 Å². The van der Waals surface area contributed by atoms with Gasteiger partial charge in [0.15, 0.2) is 27.5 Å². The summed E-state index contributed by atoms with van der Waals surface area (Å²) in [6, 6.07) is 24.0. The molecule has 0 aliphatic heterocycles. The number of aliphatic hydroxyl groups excluding tert-OH is 2. The average Bonchev–Trinajstić information content (AvgIpc) is 3.77. The summed E-state index contributed by atoms with van der Waals surface area (Å²) in [5, 5.41) is 19.6. The van der Waals surface area contributed by atoms with E-state index in [2.05, 4.69) is 38.4 Å². The van der Waals surface area contributed by atoms with E-state index in [1.807, 2.05) is 25.1 Å². The van der Waals surface area contributed by atoms with Crippen LogP contribution in [-0.4, -0.2) is 62.0 Å². The SMILES string of the molecule is C=C(CC(O)C(F)(F)F)C(=O)c1ccco1.C=C(CS(=O)(=O)c1ccccc1)C(=O)c1ccco1.CC(O)[Si](C)(C)c1ccccc1. The lowest BCUT2D eigenvalue weighted by Crippen LogP contribution is -2.51. The summed E-state index contributed by atoms with van der Waals surface area (Å²) in [5.74, 6) is -1.67. The fourth-order valence-electron chi connectivity index (χ4n) is 3.72. The van der Waals surface area contributed by atoms with Crippen molar-refractivity contribution in [3.63, 3.8) is 0 Å². The highest BCUT2D eigenvalue weighted by molar-refractivity contribution is 7.91. The Morgan fingerprint density at radius 2 is 1.23 bits per heavy atom. The number of hydrogen-bond donors (Lipinski definition) is 2. The molecule has 2 aromatic heterocycles. The molecule has 0 aliphatic carbocycles. The van der Waals surface area contributed by atoms with Gasteiger partial charge in [-0.05, 0) is 48.9 Å². The van der Waals surface area contributed by atoms with Crippen molar-refractivity contribution in [1.29, 1.82) is 0 Å². The molecule has 0 saturated carbocycles. The van der Waals surface area contributed by atoms with Gasteiger partial charge in [-0.15, -0.1) is 0 Å². The zero-order chi connectivity index (χ0) is 35.4. The van der Waals surface area contributed by atoms with Crippen molar-refractivity contribution in [2.24, 2.45) is 0 Å². The van der Waals surface area contributed by atoms with Gasteiger partial charge in [-0.25, -0.2) is 8.42 Å². The molecule has 0 amide bonds. The molecule has 252 valence electrons. The van der Waals surface area contributed by atoms with Gasteiger partial charge in [0.1, 0.15) is 8.07 Å². The lowest BCUT2D eigenvalue weighted by molar-refractivity contribution is -0.202. The Bertz CT molecular complexity index is 1700. The Hall–Kier alpha value is -4.30. The standard InChI is InChI=1S/C14H12O4S.C10H9F3O3.C10H16OSi/c1-11(14(15)13-8-5-9-18-13)10-19(16,17)12-6-3-2-4-7-12;1-6(5-8(14)10(11,12)13)9(15)7-3-2-4-16-7;1-9(11)12(2,3)10-7-5-4-6-8-10/h2-9H,1,10H2;2-4,8,14H,1,5H2;4-9,11H,1-3H3. The van der Waals surface area contributed by atoms with Crippen LogP contribution in [0.15, 0.2) is 135 Å². The number of carbonyl (C=O) groups is 2. The molecule has 8 nitrogen and oxygen atoms in total. The average molecular weight is 691 g/mol. The largest absolute Gasteiger partial charge is 0.461 e. The molecule has 0 radical (unpaired) electrons. The summed E-state index contributed by atoms with van der Waals surface area (Å²) >= 11 is 0. The second-order valence-corrected chi connectivity index (χ2v) is 17.8. The number of carbonyl (C=O) groups excluding carboxylic acids is 2. The first-order valence-corrected chi connectivity index (χ1v) is 18.9. The van der Waals surface area contributed by atoms with Crippen molar-refractivity contribution < 1.29 is 50.2 Å². The summed E-state index contributed by atoms with van der Waals surface area (Å²) in [6.07, 6.45) is -5.62. The third-order valence-corrected chi connectivity index (χ3v) is 12.6. The van der Waals surface area contributed by atoms with Crippen molar-refractivity contribution in [3.05, 3.63) is 133 Å². The minimum Gasteiger partial charge on any atom is -0.461 e. The van der Waals surface area contributed by atoms with Crippen LogP contribution in [0.2, 0.25) is 13.1 Å². The van der Waals surface area contributed by atoms with Crippen LogP contribution in [0.1, 0.15) is 34.5 Å². The van der Waals surface area contributed by atoms with Gasteiger partial charge < -0.3 is 19.0 Å². The molecule has 0 aliphatic rings. The number of aliphatic hydroxyl groups is 2. The highest BCUT2D eigenvalue weighted by Crippen LogP contribution is 2.25. The molecule has 0 spiro atoms. The number of sulfone groups is 1. The molecule has 0 saturated heterocycles. The van der Waals surface area contributed by atoms with E-state index in [4.69, 9.17) is 13.9 Å². The molecule has 13 heteroatoms. The van der Waals surface area contributed by atoms with E-state index in [1.54, 1.807) is 24.3 Å². The third-order valence-electron chi connectivity index (χ3n) is 6.98. The minimum absolute atomic E-state index is 0.0150. The maximum absolute atomic E-state index is 12.1. The first kappa shape index (κ1) is 38.9. The van der Waals surface area contributed by atoms with E-state index in [-0.39, 0.29) is 33.3 Å². The summed E-state index contributed by atoms with van der Waals surface area (Å²) in [6.45, 7) is 13.0. The molecule has 2 atom stereocenters. The summed E-state index contributed by atoms with van der Waals surface area (Å²) in [5.41, 5.74) is -0.543. The van der Waals surface area contributed by atoms with E-state index >= 15 is 0 Å². The number of furan rings is 2. The Balaban J connectivity index is 0.000000252. The number of benzene rings is 2. The molecule has 2 unspecified atom stereocenters. The molecular weight excluding hydrogens is 654 g/mol. The van der Waals surface area contributed by atoms with Crippen LogP contribution in [0.3, 0.4) is 0 Å². The van der Waals surface area contributed by atoms with Gasteiger partial charge in [0.25, 0.3) is 0 Å². The van der Waals surface area contributed by atoms with Gasteiger partial charge in [0.2, 0.25) is 11.6 Å². The third kappa shape index (κ3) is 11.8. The molecule has 2 aromatic carbocycles. The fraction of sp³-hybridized carbons (Fsp3) is 0.235. The Labute approximate surface area is 272 Å². The molecule has 2 heterocycles. The molecule has 4 aromatic rings. The molecular formula is C34H37F3O8SSi. The van der Waals surface area contributed by atoms with E-state index in [0.717, 1.165) is 0 Å². The van der Waals surface area contributed by atoms with E-state index in [0.29, 0.717) is 0 Å². The maximum atomic E-state index is 12.1. The van der Waals surface area contributed by atoms with Crippen LogP contribution in [0.4, 0.5) is 13.2 Å². The number of Topliss-reactive ketones (excluding diaryl/α,β-unsaturated/α-hetero) is 2. The van der Waals surface area contributed by atoms with Gasteiger partial charge in [0.05, 0.1) is 23.2 Å². The van der Waals surface area contributed by atoms with Crippen molar-refractivity contribution >= 4 is 34.7 Å². The van der Waals surface area contributed by atoms with Gasteiger partial charge in [-0.3, -0.25) is 9.59 Å². The van der Waals surface area contributed by atoms with Crippen molar-refractivity contribution in [3.8, 4) is 0 Å². The second kappa shape index (κ2) is 17.0. The highest BCUT2D eigenvalue weighted by Gasteiger charge is 2.39. The van der Waals surface area contributed by atoms with E-state index in [9.17, 15) is 36.3 Å². The van der Waals surface area contributed by atoms with Crippen LogP contribution in [0, 0.1) is 0 Å². The number of halogens is 3. The monoisotopic (exact) mass is 690 g/mol. The smallest absolute Gasteiger partial charge is 0.414 e. The Kier molecular flexibility index (Phi) is 14.1. The molecule has 0 bridgehead atoms. The van der Waals surface area contributed by atoms with Crippen molar-refractivity contribution in [2.75, 3.05) is 5.75 Å². The van der Waals surface area contributed by atoms with Crippen LogP contribution < -0.4 is 5.19 Å². The lowest BCUT2D eigenvalue weighted by atomic mass is 10.0. The van der Waals surface area contributed by atoms with Gasteiger partial charge in [-0.1, -0.05) is 80.0 Å². The summed E-state index contributed by atoms with van der Waals surface area (Å²) < 4.78 is 69.8. The van der Waals surface area contributed by atoms with E-state index in [1.165, 1.54) is 48.0 Å². The van der Waals surface area contributed by atoms with Crippen LogP contribution >= 0.6 is 0 Å². The Morgan fingerprint density at radius 1 is 0.787 bits per heavy atom. The molecule has 2 N–H and O–H groups in total. The Morgan fingerprint density at radius 3 is 1.64 bits per heavy atom. The van der Waals surface area contributed by atoms with Crippen LogP contribution in [0.25, 0.3) is 0 Å². The minimum atomic E-state index is -4.76. The van der Waals surface area contributed by atoms with Gasteiger partial charge >= 0.3 is 6.18 Å². The van der Waals surface area contributed by atoms with Crippen LogP contribution in [0.5, 0.6) is 0 Å². The first-order chi connectivity index (χ1) is 21.9. The second-order valence-electron chi connectivity index (χ2n) is 10.9. The zero-order valence-corrected chi connectivity index (χ0v) is 27.9. The lowest BCUT2D eigenvalue weighted by Gasteiger charge is -2.25. The number of alkyl halides is 3. The predicted molar refractivity (Wildman–Crippen MR) is 175 cm³/mol. The number of ketones is 2. The molecule has 47 heavy (non-hydrogen) atoms. The highest BCUT2D eigenvalue weighted by atomic mass is 32.2.